The topological polar surface area (TPSA) is 56.4 Å². The van der Waals surface area contributed by atoms with Crippen molar-refractivity contribution < 1.29 is 9.59 Å². The van der Waals surface area contributed by atoms with E-state index in [0.717, 1.165) is 36.8 Å². The predicted molar refractivity (Wildman–Crippen MR) is 105 cm³/mol. The molecule has 1 saturated carbocycles. The molecule has 0 radical (unpaired) electrons. The highest BCUT2D eigenvalue weighted by atomic mass is 16.2. The number of amides is 2. The van der Waals surface area contributed by atoms with Gasteiger partial charge in [-0.1, -0.05) is 19.1 Å². The molecule has 5 heteroatoms. The van der Waals surface area contributed by atoms with Crippen molar-refractivity contribution in [1.29, 1.82) is 0 Å². The van der Waals surface area contributed by atoms with Gasteiger partial charge in [0.05, 0.1) is 11.1 Å². The summed E-state index contributed by atoms with van der Waals surface area (Å²) in [4.78, 5) is 32.9. The Hall–Kier alpha value is -2.30. The van der Waals surface area contributed by atoms with Crippen molar-refractivity contribution in [2.24, 2.45) is 11.8 Å². The molecule has 1 atom stereocenters. The highest BCUT2D eigenvalue weighted by Crippen LogP contribution is 2.34. The van der Waals surface area contributed by atoms with Crippen molar-refractivity contribution in [3.63, 3.8) is 0 Å². The molecule has 0 spiro atoms. The summed E-state index contributed by atoms with van der Waals surface area (Å²) in [6.07, 6.45) is 5.45. The minimum atomic E-state index is 0.0887. The number of aromatic nitrogens is 1. The third-order valence-electron chi connectivity index (χ3n) is 6.51. The van der Waals surface area contributed by atoms with E-state index in [0.29, 0.717) is 32.1 Å². The summed E-state index contributed by atoms with van der Waals surface area (Å²) in [5.74, 6) is 1.34. The normalized spacial score (nSPS) is 22.8. The molecule has 27 heavy (non-hydrogen) atoms. The van der Waals surface area contributed by atoms with Crippen LogP contribution in [0.25, 0.3) is 10.9 Å². The molecule has 2 heterocycles. The maximum Gasteiger partial charge on any atom is 0.256 e. The molecule has 1 aromatic carbocycles. The van der Waals surface area contributed by atoms with Crippen LogP contribution in [0.3, 0.4) is 0 Å². The summed E-state index contributed by atoms with van der Waals surface area (Å²) < 4.78 is 0. The predicted octanol–water partition coefficient (Wildman–Crippen LogP) is 2.99. The smallest absolute Gasteiger partial charge is 0.256 e. The van der Waals surface area contributed by atoms with E-state index in [-0.39, 0.29) is 17.7 Å². The molecule has 1 aliphatic heterocycles. The molecule has 142 valence electrons. The van der Waals surface area contributed by atoms with Crippen molar-refractivity contribution >= 4 is 22.7 Å². The average molecular weight is 365 g/mol. The zero-order valence-corrected chi connectivity index (χ0v) is 16.0. The fraction of sp³-hybridized carbons (Fsp3) is 0.545. The molecule has 5 nitrogen and oxygen atoms in total. The lowest BCUT2D eigenvalue weighted by atomic mass is 9.87. The minimum absolute atomic E-state index is 0.0887. The Kier molecular flexibility index (Phi) is 3.99. The fourth-order valence-corrected chi connectivity index (χ4v) is 4.68. The highest BCUT2D eigenvalue weighted by molar-refractivity contribution is 6.07. The van der Waals surface area contributed by atoms with Crippen molar-refractivity contribution in [2.45, 2.75) is 39.0 Å². The number of piperazine rings is 1. The molecule has 1 unspecified atom stereocenters. The first-order valence-corrected chi connectivity index (χ1v) is 10.3. The molecule has 2 amide bonds. The second-order valence-electron chi connectivity index (χ2n) is 8.55. The van der Waals surface area contributed by atoms with E-state index in [9.17, 15) is 9.59 Å². The first kappa shape index (κ1) is 16.8. The van der Waals surface area contributed by atoms with Crippen LogP contribution in [0.15, 0.2) is 18.2 Å². The monoisotopic (exact) mass is 365 g/mol. The van der Waals surface area contributed by atoms with Gasteiger partial charge in [-0.15, -0.1) is 0 Å². The Morgan fingerprint density at radius 1 is 1.04 bits per heavy atom. The van der Waals surface area contributed by atoms with Gasteiger partial charge in [-0.25, -0.2) is 0 Å². The number of aromatic amines is 1. The second-order valence-corrected chi connectivity index (χ2v) is 8.55. The summed E-state index contributed by atoms with van der Waals surface area (Å²) in [7, 11) is 0. The van der Waals surface area contributed by atoms with Crippen molar-refractivity contribution in [1.82, 2.24) is 14.8 Å². The molecule has 2 aromatic rings. The molecule has 1 aromatic heterocycles. The Morgan fingerprint density at radius 3 is 2.52 bits per heavy atom. The molecule has 5 rings (SSSR count). The van der Waals surface area contributed by atoms with Gasteiger partial charge < -0.3 is 14.8 Å². The van der Waals surface area contributed by atoms with Crippen LogP contribution < -0.4 is 0 Å². The van der Waals surface area contributed by atoms with Crippen LogP contribution in [0.4, 0.5) is 0 Å². The number of para-hydroxylation sites is 1. The fourth-order valence-electron chi connectivity index (χ4n) is 4.68. The molecule has 0 bridgehead atoms. The van der Waals surface area contributed by atoms with Gasteiger partial charge in [0.1, 0.15) is 0 Å². The zero-order chi connectivity index (χ0) is 18.5. The average Bonchev–Trinajstić information content (AvgIpc) is 3.48. The maximum absolute atomic E-state index is 13.2. The number of nitrogens with zero attached hydrogens (tertiary/aromatic N) is 2. The SMILES string of the molecule is CC1CCc2[nH]c3c(C(=O)N4CCN(C(=O)C5CC5)CC4)cccc3c2C1. The van der Waals surface area contributed by atoms with Gasteiger partial charge in [-0.05, 0) is 49.7 Å². The van der Waals surface area contributed by atoms with Crippen LogP contribution in [0.2, 0.25) is 0 Å². The van der Waals surface area contributed by atoms with Gasteiger partial charge in [0, 0.05) is 43.2 Å². The van der Waals surface area contributed by atoms with Gasteiger partial charge in [-0.2, -0.15) is 0 Å². The maximum atomic E-state index is 13.2. The molecule has 2 aliphatic carbocycles. The molecular formula is C22H27N3O2. The summed E-state index contributed by atoms with van der Waals surface area (Å²) in [6.45, 7) is 4.89. The minimum Gasteiger partial charge on any atom is -0.358 e. The number of hydrogen-bond acceptors (Lipinski definition) is 2. The van der Waals surface area contributed by atoms with E-state index in [1.54, 1.807) is 0 Å². The molecule has 1 N–H and O–H groups in total. The van der Waals surface area contributed by atoms with E-state index >= 15 is 0 Å². The number of benzene rings is 1. The highest BCUT2D eigenvalue weighted by Gasteiger charge is 2.35. The van der Waals surface area contributed by atoms with E-state index in [1.165, 1.54) is 23.1 Å². The lowest BCUT2D eigenvalue weighted by Gasteiger charge is -2.35. The van der Waals surface area contributed by atoms with Crippen LogP contribution in [0, 0.1) is 11.8 Å². The Balaban J connectivity index is 1.37. The zero-order valence-electron chi connectivity index (χ0n) is 16.0. The van der Waals surface area contributed by atoms with Crippen LogP contribution in [0.5, 0.6) is 0 Å². The summed E-state index contributed by atoms with van der Waals surface area (Å²) in [5, 5.41) is 1.21. The third kappa shape index (κ3) is 2.93. The lowest BCUT2D eigenvalue weighted by Crippen LogP contribution is -2.51. The summed E-state index contributed by atoms with van der Waals surface area (Å²) in [6, 6.07) is 6.10. The first-order chi connectivity index (χ1) is 13.1. The van der Waals surface area contributed by atoms with E-state index in [2.05, 4.69) is 18.0 Å². The van der Waals surface area contributed by atoms with E-state index in [4.69, 9.17) is 0 Å². The lowest BCUT2D eigenvalue weighted by molar-refractivity contribution is -0.134. The van der Waals surface area contributed by atoms with E-state index < -0.39 is 0 Å². The number of fused-ring (bicyclic) bond motifs is 3. The summed E-state index contributed by atoms with van der Waals surface area (Å²) >= 11 is 0. The van der Waals surface area contributed by atoms with Gasteiger partial charge in [0.15, 0.2) is 0 Å². The Bertz CT molecular complexity index is 904. The number of rotatable bonds is 2. The quantitative estimate of drug-likeness (QED) is 0.889. The number of nitrogens with one attached hydrogen (secondary N) is 1. The number of carbonyl (C=O) groups excluding carboxylic acids is 2. The first-order valence-electron chi connectivity index (χ1n) is 10.3. The number of hydrogen-bond donors (Lipinski definition) is 1. The van der Waals surface area contributed by atoms with Crippen LogP contribution in [0.1, 0.15) is 47.8 Å². The van der Waals surface area contributed by atoms with Gasteiger partial charge in [0.25, 0.3) is 5.91 Å². The largest absolute Gasteiger partial charge is 0.358 e. The van der Waals surface area contributed by atoms with Crippen LogP contribution in [-0.2, 0) is 17.6 Å². The standard InChI is InChI=1S/C22H27N3O2/c1-14-5-8-19-18(13-14)16-3-2-4-17(20(16)23-19)22(27)25-11-9-24(10-12-25)21(26)15-6-7-15/h2-4,14-15,23H,5-13H2,1H3. The third-order valence-corrected chi connectivity index (χ3v) is 6.51. The Morgan fingerprint density at radius 2 is 1.78 bits per heavy atom. The Labute approximate surface area is 159 Å². The number of aryl methyl sites for hydroxylation is 1. The van der Waals surface area contributed by atoms with Gasteiger partial charge in [-0.3, -0.25) is 9.59 Å². The molecule has 2 fully saturated rings. The van der Waals surface area contributed by atoms with Crippen molar-refractivity contribution in [2.75, 3.05) is 26.2 Å². The van der Waals surface area contributed by atoms with Crippen LogP contribution >= 0.6 is 0 Å². The molecule has 3 aliphatic rings. The van der Waals surface area contributed by atoms with Crippen molar-refractivity contribution in [3.8, 4) is 0 Å². The second kappa shape index (κ2) is 6.39. The van der Waals surface area contributed by atoms with Crippen molar-refractivity contribution in [3.05, 3.63) is 35.0 Å². The molecule has 1 saturated heterocycles. The van der Waals surface area contributed by atoms with E-state index in [1.807, 2.05) is 21.9 Å². The number of H-pyrrole nitrogens is 1. The number of carbonyl (C=O) groups is 2. The summed E-state index contributed by atoms with van der Waals surface area (Å²) in [5.41, 5.74) is 4.48. The van der Waals surface area contributed by atoms with Crippen LogP contribution in [-0.4, -0.2) is 52.8 Å². The van der Waals surface area contributed by atoms with Gasteiger partial charge >= 0.3 is 0 Å². The van der Waals surface area contributed by atoms with Gasteiger partial charge in [0.2, 0.25) is 5.91 Å². The molecular weight excluding hydrogens is 338 g/mol.